The Labute approximate surface area is 445 Å². The van der Waals surface area contributed by atoms with Crippen molar-refractivity contribution < 1.29 is 19.2 Å². The molecule has 12 aromatic carbocycles. The van der Waals surface area contributed by atoms with Gasteiger partial charge in [-0.1, -0.05) is 170 Å². The summed E-state index contributed by atoms with van der Waals surface area (Å²) in [6.45, 7) is 0. The SMILES string of the molecule is O=C1c2cc(-c3ccc(-n4c5ccccc5c5ccccc54)c4ccccc34)c3c4c(cc(-c5ccc(-n6c7ccccc7c7ccccc76)c6ccccc56)c(c24)C(=O)N1c1ccccc1)C(=O)N(c1ccccc1)C3=O. The zero-order valence-electron chi connectivity index (χ0n) is 41.5. The summed E-state index contributed by atoms with van der Waals surface area (Å²) >= 11 is 0. The standard InChI is InChI=1S/C70H40N4O4/c75-67-55-39-54(46-36-38-62(48-26-10-8-24-44(46)48)74-59-33-17-13-29-51(59)52-30-14-18-34-60(52)74)66-64-56(68(76)72(70(66)78)42-21-5-2-6-22-42)40-53(65(63(55)64)69(77)71(67)41-19-3-1-4-20-41)45-35-37-61(47-25-9-7-23-43(45)47)73-57-31-15-11-27-49(57)50-28-12-16-32-58(50)73/h1-40H. The molecule has 8 nitrogen and oxygen atoms in total. The molecule has 4 heterocycles. The summed E-state index contributed by atoms with van der Waals surface area (Å²) < 4.78 is 4.56. The molecule has 0 N–H and O–H groups in total. The normalized spacial score (nSPS) is 13.4. The minimum absolute atomic E-state index is 0.209. The number of nitrogens with zero attached hydrogens (tertiary/aromatic N) is 4. The van der Waals surface area contributed by atoms with Crippen molar-refractivity contribution in [3.8, 4) is 33.6 Å². The topological polar surface area (TPSA) is 84.6 Å². The van der Waals surface area contributed by atoms with Crippen molar-refractivity contribution in [1.82, 2.24) is 9.13 Å². The Morgan fingerprint density at radius 1 is 0.231 bits per heavy atom. The molecule has 78 heavy (non-hydrogen) atoms. The summed E-state index contributed by atoms with van der Waals surface area (Å²) in [6, 6.07) is 79.5. The Bertz CT molecular complexity index is 4590. The van der Waals surface area contributed by atoms with Crippen molar-refractivity contribution in [2.75, 3.05) is 9.80 Å². The van der Waals surface area contributed by atoms with Gasteiger partial charge in [0.25, 0.3) is 23.6 Å². The lowest BCUT2D eigenvalue weighted by Crippen LogP contribution is -2.44. The fourth-order valence-electron chi connectivity index (χ4n) is 12.9. The Hall–Kier alpha value is -10.7. The number of rotatable bonds is 6. The summed E-state index contributed by atoms with van der Waals surface area (Å²) in [6.07, 6.45) is 0. The monoisotopic (exact) mass is 1000 g/mol. The van der Waals surface area contributed by atoms with E-state index in [9.17, 15) is 0 Å². The van der Waals surface area contributed by atoms with Crippen LogP contribution in [0.5, 0.6) is 0 Å². The van der Waals surface area contributed by atoms with E-state index in [0.29, 0.717) is 33.6 Å². The number of hydrogen-bond donors (Lipinski definition) is 0. The third-order valence-electron chi connectivity index (χ3n) is 16.2. The van der Waals surface area contributed by atoms with Gasteiger partial charge < -0.3 is 9.13 Å². The van der Waals surface area contributed by atoms with E-state index in [2.05, 4.69) is 106 Å². The molecule has 2 aromatic heterocycles. The van der Waals surface area contributed by atoms with Crippen molar-refractivity contribution in [2.24, 2.45) is 0 Å². The second-order valence-electron chi connectivity index (χ2n) is 20.1. The summed E-state index contributed by atoms with van der Waals surface area (Å²) in [7, 11) is 0. The highest BCUT2D eigenvalue weighted by Gasteiger charge is 2.44. The highest BCUT2D eigenvalue weighted by atomic mass is 16.2. The lowest BCUT2D eigenvalue weighted by Gasteiger charge is -2.35. The highest BCUT2D eigenvalue weighted by molar-refractivity contribution is 6.45. The molecule has 2 aliphatic rings. The van der Waals surface area contributed by atoms with Crippen molar-refractivity contribution in [1.29, 1.82) is 0 Å². The van der Waals surface area contributed by atoms with Crippen LogP contribution in [0, 0.1) is 0 Å². The van der Waals surface area contributed by atoms with E-state index in [0.717, 1.165) is 76.5 Å². The van der Waals surface area contributed by atoms with Gasteiger partial charge in [0, 0.05) is 54.2 Å². The number of carbonyl (C=O) groups excluding carboxylic acids is 4. The van der Waals surface area contributed by atoms with E-state index in [-0.39, 0.29) is 33.0 Å². The lowest BCUT2D eigenvalue weighted by molar-refractivity contribution is 0.0873. The number of anilines is 2. The first-order chi connectivity index (χ1) is 38.4. The first-order valence-electron chi connectivity index (χ1n) is 26.0. The number of benzene rings is 12. The largest absolute Gasteiger partial charge is 0.309 e. The molecule has 0 atom stereocenters. The van der Waals surface area contributed by atoms with Gasteiger partial charge in [0.2, 0.25) is 0 Å². The van der Waals surface area contributed by atoms with Crippen LogP contribution in [-0.4, -0.2) is 32.8 Å². The average Bonchev–Trinajstić information content (AvgIpc) is 3.41. The van der Waals surface area contributed by atoms with E-state index >= 15 is 19.2 Å². The van der Waals surface area contributed by atoms with Crippen LogP contribution >= 0.6 is 0 Å². The second-order valence-corrected chi connectivity index (χ2v) is 20.1. The van der Waals surface area contributed by atoms with Gasteiger partial charge in [-0.25, -0.2) is 9.80 Å². The van der Waals surface area contributed by atoms with Gasteiger partial charge in [0.15, 0.2) is 0 Å². The quantitative estimate of drug-likeness (QED) is 0.155. The van der Waals surface area contributed by atoms with Crippen LogP contribution in [0.1, 0.15) is 41.4 Å². The van der Waals surface area contributed by atoms with E-state index < -0.39 is 23.6 Å². The molecule has 0 saturated heterocycles. The molecule has 2 aliphatic heterocycles. The molecule has 8 heteroatoms. The number of para-hydroxylation sites is 6. The number of amides is 4. The van der Waals surface area contributed by atoms with Crippen molar-refractivity contribution in [3.63, 3.8) is 0 Å². The van der Waals surface area contributed by atoms with E-state index in [1.807, 2.05) is 84.9 Å². The number of imide groups is 2. The second kappa shape index (κ2) is 16.4. The molecule has 0 saturated carbocycles. The Morgan fingerprint density at radius 2 is 0.526 bits per heavy atom. The predicted molar refractivity (Wildman–Crippen MR) is 314 cm³/mol. The van der Waals surface area contributed by atoms with E-state index in [1.165, 1.54) is 9.80 Å². The van der Waals surface area contributed by atoms with Crippen LogP contribution in [-0.2, 0) is 0 Å². The molecule has 4 amide bonds. The minimum Gasteiger partial charge on any atom is -0.309 e. The van der Waals surface area contributed by atoms with Crippen LogP contribution in [0.4, 0.5) is 11.4 Å². The molecule has 14 aromatic rings. The summed E-state index contributed by atoms with van der Waals surface area (Å²) in [5, 5.41) is 8.57. The third kappa shape index (κ3) is 5.93. The Balaban J connectivity index is 1.01. The number of fused-ring (bicyclic) bond motifs is 8. The molecule has 0 spiro atoms. The van der Waals surface area contributed by atoms with Gasteiger partial charge in [-0.15, -0.1) is 0 Å². The minimum atomic E-state index is -0.558. The molecule has 0 fully saturated rings. The zero-order valence-corrected chi connectivity index (χ0v) is 41.5. The van der Waals surface area contributed by atoms with Crippen molar-refractivity contribution in [3.05, 3.63) is 265 Å². The predicted octanol–water partition coefficient (Wildman–Crippen LogP) is 16.3. The molecule has 0 aliphatic carbocycles. The van der Waals surface area contributed by atoms with Gasteiger partial charge in [-0.05, 0) is 106 Å². The van der Waals surface area contributed by atoms with Gasteiger partial charge in [0.05, 0.1) is 55.9 Å². The van der Waals surface area contributed by atoms with E-state index in [1.54, 1.807) is 60.7 Å². The average molecular weight is 1000 g/mol. The van der Waals surface area contributed by atoms with E-state index in [4.69, 9.17) is 0 Å². The Morgan fingerprint density at radius 3 is 0.872 bits per heavy atom. The number of aromatic nitrogens is 2. The molecule has 0 unspecified atom stereocenters. The molecule has 364 valence electrons. The first-order valence-corrected chi connectivity index (χ1v) is 26.0. The molecule has 16 rings (SSSR count). The maximum absolute atomic E-state index is 15.9. The summed E-state index contributed by atoms with van der Waals surface area (Å²) in [5.41, 5.74) is 10.1. The van der Waals surface area contributed by atoms with Crippen LogP contribution in [0.25, 0.3) is 110 Å². The molecular weight excluding hydrogens is 961 g/mol. The molecular formula is C70H40N4O4. The van der Waals surface area contributed by atoms with Gasteiger partial charge in [0.1, 0.15) is 0 Å². The maximum atomic E-state index is 15.9. The first kappa shape index (κ1) is 43.7. The maximum Gasteiger partial charge on any atom is 0.266 e. The van der Waals surface area contributed by atoms with Gasteiger partial charge >= 0.3 is 0 Å². The Kier molecular flexibility index (Phi) is 9.18. The van der Waals surface area contributed by atoms with Gasteiger partial charge in [-0.2, -0.15) is 0 Å². The van der Waals surface area contributed by atoms with Crippen molar-refractivity contribution in [2.45, 2.75) is 0 Å². The summed E-state index contributed by atoms with van der Waals surface area (Å²) in [4.78, 5) is 65.5. The van der Waals surface area contributed by atoms with Gasteiger partial charge in [-0.3, -0.25) is 19.2 Å². The summed E-state index contributed by atoms with van der Waals surface area (Å²) in [5.74, 6) is -2.22. The lowest BCUT2D eigenvalue weighted by atomic mass is 9.78. The third-order valence-corrected chi connectivity index (χ3v) is 16.2. The van der Waals surface area contributed by atoms with Crippen LogP contribution < -0.4 is 9.80 Å². The van der Waals surface area contributed by atoms with Crippen LogP contribution in [0.15, 0.2) is 243 Å². The smallest absolute Gasteiger partial charge is 0.266 e. The fourth-order valence-corrected chi connectivity index (χ4v) is 12.9. The molecule has 0 radical (unpaired) electrons. The zero-order chi connectivity index (χ0) is 51.9. The van der Waals surface area contributed by atoms with Crippen LogP contribution in [0.3, 0.4) is 0 Å². The number of hydrogen-bond acceptors (Lipinski definition) is 4. The fraction of sp³-hybridized carbons (Fsp3) is 0. The van der Waals surface area contributed by atoms with Crippen LogP contribution in [0.2, 0.25) is 0 Å². The van der Waals surface area contributed by atoms with Crippen molar-refractivity contribution >= 4 is 111 Å². The highest BCUT2D eigenvalue weighted by Crippen LogP contribution is 2.50. The molecule has 0 bridgehead atoms. The number of carbonyl (C=O) groups is 4.